The molecule has 24 heavy (non-hydrogen) atoms. The minimum absolute atomic E-state index is 0.0414. The summed E-state index contributed by atoms with van der Waals surface area (Å²) in [6, 6.07) is 11.4. The Balaban J connectivity index is 1.65. The second-order valence-corrected chi connectivity index (χ2v) is 6.89. The van der Waals surface area contributed by atoms with Gasteiger partial charge in [0.25, 0.3) is 5.91 Å². The molecule has 1 amide bonds. The van der Waals surface area contributed by atoms with Crippen LogP contribution in [0.2, 0.25) is 0 Å². The molecule has 124 valence electrons. The maximum atomic E-state index is 12.6. The second kappa shape index (κ2) is 7.47. The fourth-order valence-corrected chi connectivity index (χ4v) is 3.55. The van der Waals surface area contributed by atoms with Gasteiger partial charge in [0, 0.05) is 41.1 Å². The number of nitrogens with one attached hydrogen (secondary N) is 1. The van der Waals surface area contributed by atoms with Crippen molar-refractivity contribution >= 4 is 22.9 Å². The molecule has 1 saturated heterocycles. The van der Waals surface area contributed by atoms with Crippen molar-refractivity contribution in [2.24, 2.45) is 0 Å². The van der Waals surface area contributed by atoms with Crippen molar-refractivity contribution < 1.29 is 9.90 Å². The molecule has 1 aliphatic heterocycles. The average molecular weight is 341 g/mol. The van der Waals surface area contributed by atoms with Crippen LogP contribution in [0.15, 0.2) is 35.7 Å². The summed E-state index contributed by atoms with van der Waals surface area (Å²) in [6.45, 7) is 1.72. The SMILES string of the molecule is N#Cc1csc(CNc2cccc(C(=O)N3CCCC(O)C3)c2)c1. The molecule has 6 heteroatoms. The molecule has 0 bridgehead atoms. The van der Waals surface area contributed by atoms with Gasteiger partial charge < -0.3 is 15.3 Å². The number of rotatable bonds is 4. The highest BCUT2D eigenvalue weighted by atomic mass is 32.1. The molecule has 3 rings (SSSR count). The third-order valence-electron chi connectivity index (χ3n) is 4.04. The van der Waals surface area contributed by atoms with Crippen LogP contribution in [0.5, 0.6) is 0 Å². The van der Waals surface area contributed by atoms with Crippen molar-refractivity contribution in [3.63, 3.8) is 0 Å². The Labute approximate surface area is 145 Å². The monoisotopic (exact) mass is 341 g/mol. The van der Waals surface area contributed by atoms with Crippen LogP contribution in [-0.4, -0.2) is 35.1 Å². The molecule has 2 heterocycles. The van der Waals surface area contributed by atoms with Crippen molar-refractivity contribution in [3.8, 4) is 6.07 Å². The number of carbonyl (C=O) groups excluding carboxylic acids is 1. The standard InChI is InChI=1S/C18H19N3O2S/c19-9-13-7-17(24-12-13)10-20-15-4-1-3-14(8-15)18(23)21-6-2-5-16(22)11-21/h1,3-4,7-8,12,16,20,22H,2,5-6,10-11H2. The van der Waals surface area contributed by atoms with Crippen LogP contribution in [0.25, 0.3) is 0 Å². The van der Waals surface area contributed by atoms with Crippen molar-refractivity contribution in [2.75, 3.05) is 18.4 Å². The van der Waals surface area contributed by atoms with Crippen LogP contribution in [-0.2, 0) is 6.54 Å². The quantitative estimate of drug-likeness (QED) is 0.896. The van der Waals surface area contributed by atoms with Crippen LogP contribution in [0.4, 0.5) is 5.69 Å². The lowest BCUT2D eigenvalue weighted by Crippen LogP contribution is -2.42. The Morgan fingerprint density at radius 3 is 3.08 bits per heavy atom. The molecule has 2 N–H and O–H groups in total. The lowest BCUT2D eigenvalue weighted by molar-refractivity contribution is 0.0474. The number of aliphatic hydroxyl groups is 1. The van der Waals surface area contributed by atoms with Crippen LogP contribution < -0.4 is 5.32 Å². The van der Waals surface area contributed by atoms with Crippen molar-refractivity contribution in [1.29, 1.82) is 5.26 Å². The number of anilines is 1. The van der Waals surface area contributed by atoms with E-state index >= 15 is 0 Å². The summed E-state index contributed by atoms with van der Waals surface area (Å²) < 4.78 is 0. The smallest absolute Gasteiger partial charge is 0.254 e. The van der Waals surface area contributed by atoms with Gasteiger partial charge in [0.1, 0.15) is 6.07 Å². The number of amides is 1. The van der Waals surface area contributed by atoms with Gasteiger partial charge in [-0.1, -0.05) is 6.07 Å². The number of thiophene rings is 1. The van der Waals surface area contributed by atoms with E-state index in [1.165, 1.54) is 11.3 Å². The zero-order valence-corrected chi connectivity index (χ0v) is 14.1. The van der Waals surface area contributed by atoms with Gasteiger partial charge in [-0.05, 0) is 37.1 Å². The van der Waals surface area contributed by atoms with Gasteiger partial charge in [-0.15, -0.1) is 11.3 Å². The minimum Gasteiger partial charge on any atom is -0.391 e. The Kier molecular flexibility index (Phi) is 5.14. The first-order valence-electron chi connectivity index (χ1n) is 7.94. The molecule has 5 nitrogen and oxygen atoms in total. The van der Waals surface area contributed by atoms with Crippen LogP contribution >= 0.6 is 11.3 Å². The fourth-order valence-electron chi connectivity index (χ4n) is 2.81. The molecule has 1 aromatic carbocycles. The van der Waals surface area contributed by atoms with Crippen molar-refractivity contribution in [1.82, 2.24) is 4.90 Å². The Morgan fingerprint density at radius 1 is 1.46 bits per heavy atom. The molecule has 2 aromatic rings. The van der Waals surface area contributed by atoms with E-state index in [1.807, 2.05) is 29.6 Å². The number of hydrogen-bond donors (Lipinski definition) is 2. The zero-order valence-electron chi connectivity index (χ0n) is 13.2. The first-order valence-corrected chi connectivity index (χ1v) is 8.82. The lowest BCUT2D eigenvalue weighted by Gasteiger charge is -2.30. The van der Waals surface area contributed by atoms with E-state index in [0.29, 0.717) is 30.8 Å². The number of β-amino-alcohol motifs (C(OH)–C–C–N with tert-alkyl or cyclic N) is 1. The van der Waals surface area contributed by atoms with E-state index in [4.69, 9.17) is 5.26 Å². The number of nitriles is 1. The Morgan fingerprint density at radius 2 is 2.33 bits per heavy atom. The summed E-state index contributed by atoms with van der Waals surface area (Å²) in [6.07, 6.45) is 1.18. The van der Waals surface area contributed by atoms with E-state index in [1.54, 1.807) is 11.0 Å². The van der Waals surface area contributed by atoms with Gasteiger partial charge in [-0.25, -0.2) is 0 Å². The van der Waals surface area contributed by atoms with Gasteiger partial charge in [0.2, 0.25) is 0 Å². The lowest BCUT2D eigenvalue weighted by atomic mass is 10.1. The zero-order chi connectivity index (χ0) is 16.9. The van der Waals surface area contributed by atoms with E-state index in [-0.39, 0.29) is 5.91 Å². The van der Waals surface area contributed by atoms with E-state index < -0.39 is 6.10 Å². The summed E-state index contributed by atoms with van der Waals surface area (Å²) in [5.41, 5.74) is 2.16. The molecule has 0 aliphatic carbocycles. The molecule has 1 unspecified atom stereocenters. The average Bonchev–Trinajstić information content (AvgIpc) is 3.08. The molecule has 1 fully saturated rings. The predicted octanol–water partition coefficient (Wildman–Crippen LogP) is 2.83. The molecule has 0 spiro atoms. The van der Waals surface area contributed by atoms with Crippen LogP contribution in [0.3, 0.4) is 0 Å². The topological polar surface area (TPSA) is 76.4 Å². The number of likely N-dealkylation sites (tertiary alicyclic amines) is 1. The van der Waals surface area contributed by atoms with E-state index in [9.17, 15) is 9.90 Å². The molecule has 1 atom stereocenters. The second-order valence-electron chi connectivity index (χ2n) is 5.90. The number of nitrogens with zero attached hydrogens (tertiary/aromatic N) is 2. The maximum absolute atomic E-state index is 12.6. The predicted molar refractivity (Wildman–Crippen MR) is 93.9 cm³/mol. The molecule has 0 radical (unpaired) electrons. The maximum Gasteiger partial charge on any atom is 0.254 e. The Hall–Kier alpha value is -2.36. The molecule has 0 saturated carbocycles. The first-order chi connectivity index (χ1) is 11.7. The van der Waals surface area contributed by atoms with Gasteiger partial charge in [0.15, 0.2) is 0 Å². The molecular formula is C18H19N3O2S. The number of aliphatic hydroxyl groups excluding tert-OH is 1. The van der Waals surface area contributed by atoms with E-state index in [2.05, 4.69) is 11.4 Å². The van der Waals surface area contributed by atoms with Crippen LogP contribution in [0, 0.1) is 11.3 Å². The number of benzene rings is 1. The largest absolute Gasteiger partial charge is 0.391 e. The number of carbonyl (C=O) groups is 1. The highest BCUT2D eigenvalue weighted by molar-refractivity contribution is 7.10. The molecule has 1 aromatic heterocycles. The van der Waals surface area contributed by atoms with Crippen molar-refractivity contribution in [3.05, 3.63) is 51.7 Å². The summed E-state index contributed by atoms with van der Waals surface area (Å²) in [4.78, 5) is 15.4. The fraction of sp³-hybridized carbons (Fsp3) is 0.333. The van der Waals surface area contributed by atoms with Crippen LogP contribution in [0.1, 0.15) is 33.6 Å². The third-order valence-corrected chi connectivity index (χ3v) is 4.98. The van der Waals surface area contributed by atoms with E-state index in [0.717, 1.165) is 23.4 Å². The summed E-state index contributed by atoms with van der Waals surface area (Å²) in [5.74, 6) is -0.0414. The number of hydrogen-bond acceptors (Lipinski definition) is 5. The first kappa shape index (κ1) is 16.5. The molecule has 1 aliphatic rings. The molecular weight excluding hydrogens is 322 g/mol. The van der Waals surface area contributed by atoms with Gasteiger partial charge >= 0.3 is 0 Å². The van der Waals surface area contributed by atoms with Gasteiger partial charge in [-0.3, -0.25) is 4.79 Å². The van der Waals surface area contributed by atoms with Gasteiger partial charge in [-0.2, -0.15) is 5.26 Å². The van der Waals surface area contributed by atoms with Crippen molar-refractivity contribution in [2.45, 2.75) is 25.5 Å². The highest BCUT2D eigenvalue weighted by Gasteiger charge is 2.23. The Bertz CT molecular complexity index is 766. The number of piperidine rings is 1. The third kappa shape index (κ3) is 3.94. The normalized spacial score (nSPS) is 17.3. The summed E-state index contributed by atoms with van der Waals surface area (Å²) in [5, 5.41) is 23.7. The summed E-state index contributed by atoms with van der Waals surface area (Å²) >= 11 is 1.54. The highest BCUT2D eigenvalue weighted by Crippen LogP contribution is 2.19. The summed E-state index contributed by atoms with van der Waals surface area (Å²) in [7, 11) is 0. The minimum atomic E-state index is -0.419. The van der Waals surface area contributed by atoms with Gasteiger partial charge in [0.05, 0.1) is 11.7 Å².